The first-order valence-electron chi connectivity index (χ1n) is 15.1. The van der Waals surface area contributed by atoms with Crippen LogP contribution in [0.5, 0.6) is 23.0 Å². The predicted molar refractivity (Wildman–Crippen MR) is 195 cm³/mol. The van der Waals surface area contributed by atoms with E-state index in [0.29, 0.717) is 0 Å². The maximum Gasteiger partial charge on any atom is 0.658 e. The molecule has 2 heterocycles. The van der Waals surface area contributed by atoms with Gasteiger partial charge in [-0.25, -0.2) is 0 Å². The minimum absolute atomic E-state index is 0. The van der Waals surface area contributed by atoms with Gasteiger partial charge in [-0.15, -0.1) is 0 Å². The Hall–Kier alpha value is -3.80. The summed E-state index contributed by atoms with van der Waals surface area (Å²) in [5, 5.41) is 5.89. The molecule has 47 heavy (non-hydrogen) atoms. The predicted octanol–water partition coefficient (Wildman–Crippen LogP) is 7.23. The quantitative estimate of drug-likeness (QED) is 0.126. The zero-order chi connectivity index (χ0) is 31.2. The van der Waals surface area contributed by atoms with Gasteiger partial charge in [-0.1, -0.05) is 146 Å². The number of fused-ring (bicyclic) bond motifs is 2. The standard InChI is InChI=1S/C26H24P2.2C6H4BO2.Pt/c1-5-13-23(14-6-1)27(24-15-7-2-8-16-24)21-22-28(25-17-9-3-10-18-25)26-19-11-4-12-20-26;2*1-2-4-6-5(3-1)8-7-9-6;/h1-20H,21-22H2;2*1-4H;. The van der Waals surface area contributed by atoms with E-state index in [2.05, 4.69) is 121 Å². The van der Waals surface area contributed by atoms with Crippen molar-refractivity contribution < 1.29 is 39.7 Å². The molecule has 2 radical (unpaired) electrons. The van der Waals surface area contributed by atoms with Gasteiger partial charge in [0, 0.05) is 21.1 Å². The van der Waals surface area contributed by atoms with Crippen LogP contribution < -0.4 is 39.8 Å². The van der Waals surface area contributed by atoms with E-state index in [9.17, 15) is 0 Å². The van der Waals surface area contributed by atoms with E-state index >= 15 is 0 Å². The topological polar surface area (TPSA) is 36.9 Å². The molecule has 0 bridgehead atoms. The van der Waals surface area contributed by atoms with Crippen LogP contribution in [-0.4, -0.2) is 27.7 Å². The fourth-order valence-electron chi connectivity index (χ4n) is 4.99. The Kier molecular flexibility index (Phi) is 13.6. The van der Waals surface area contributed by atoms with Crippen LogP contribution in [0.1, 0.15) is 0 Å². The first-order valence-corrected chi connectivity index (χ1v) is 18.1. The van der Waals surface area contributed by atoms with Crippen molar-refractivity contribution in [2.45, 2.75) is 0 Å². The van der Waals surface area contributed by atoms with Crippen LogP contribution in [-0.2, 0) is 21.1 Å². The van der Waals surface area contributed by atoms with Crippen molar-refractivity contribution in [2.75, 3.05) is 12.3 Å². The van der Waals surface area contributed by atoms with E-state index in [0.717, 1.165) is 23.0 Å². The van der Waals surface area contributed by atoms with Gasteiger partial charge in [0.05, 0.1) is 0 Å². The first-order chi connectivity index (χ1) is 22.8. The van der Waals surface area contributed by atoms with Crippen LogP contribution in [0.3, 0.4) is 0 Å². The Morgan fingerprint density at radius 3 is 0.766 bits per heavy atom. The third kappa shape index (κ3) is 9.85. The van der Waals surface area contributed by atoms with Crippen LogP contribution in [0.15, 0.2) is 170 Å². The molecule has 0 unspecified atom stereocenters. The maximum atomic E-state index is 4.95. The maximum absolute atomic E-state index is 4.95. The van der Waals surface area contributed by atoms with Crippen molar-refractivity contribution >= 4 is 52.4 Å². The zero-order valence-electron chi connectivity index (χ0n) is 25.6. The van der Waals surface area contributed by atoms with Crippen LogP contribution in [0, 0.1) is 0 Å². The molecule has 0 aromatic heterocycles. The molecule has 2 aliphatic rings. The van der Waals surface area contributed by atoms with Crippen molar-refractivity contribution in [1.29, 1.82) is 0 Å². The molecule has 0 atom stereocenters. The molecule has 0 amide bonds. The summed E-state index contributed by atoms with van der Waals surface area (Å²) >= 11 is 0. The number of hydrogen-bond donors (Lipinski definition) is 0. The summed E-state index contributed by atoms with van der Waals surface area (Å²) in [5.41, 5.74) is 0. The fourth-order valence-corrected chi connectivity index (χ4v) is 10.3. The van der Waals surface area contributed by atoms with Crippen molar-refractivity contribution in [3.05, 3.63) is 170 Å². The number of rotatable bonds is 7. The second-order valence-corrected chi connectivity index (χ2v) is 14.9. The average molecular weight is 831 g/mol. The normalized spacial score (nSPS) is 11.5. The van der Waals surface area contributed by atoms with E-state index in [4.69, 9.17) is 18.6 Å². The van der Waals surface area contributed by atoms with Gasteiger partial charge in [0.25, 0.3) is 0 Å². The average Bonchev–Trinajstić information content (AvgIpc) is 3.83. The second-order valence-electron chi connectivity index (χ2n) is 10.2. The molecule has 0 fully saturated rings. The summed E-state index contributed by atoms with van der Waals surface area (Å²) in [6.07, 6.45) is 2.41. The van der Waals surface area contributed by atoms with E-state index in [-0.39, 0.29) is 36.9 Å². The molecule has 0 aliphatic carbocycles. The minimum atomic E-state index is -0.348. The van der Waals surface area contributed by atoms with Crippen LogP contribution in [0.2, 0.25) is 0 Å². The van der Waals surface area contributed by atoms with Crippen LogP contribution in [0.25, 0.3) is 0 Å². The molecular formula is C38H32B2O4P2Pt. The van der Waals surface area contributed by atoms with Gasteiger partial charge < -0.3 is 18.6 Å². The number of benzene rings is 6. The molecule has 6 aromatic rings. The van der Waals surface area contributed by atoms with Crippen molar-refractivity contribution in [3.63, 3.8) is 0 Å². The molecule has 6 aromatic carbocycles. The summed E-state index contributed by atoms with van der Waals surface area (Å²) in [7, 11) is 1.95. The Bertz CT molecular complexity index is 1510. The summed E-state index contributed by atoms with van der Waals surface area (Å²) in [6.45, 7) is 0. The summed E-state index contributed by atoms with van der Waals surface area (Å²) in [6, 6.07) is 59.3. The second kappa shape index (κ2) is 18.5. The molecule has 0 N–H and O–H groups in total. The number of para-hydroxylation sites is 4. The largest absolute Gasteiger partial charge is 0.658 e. The van der Waals surface area contributed by atoms with Gasteiger partial charge in [-0.2, -0.15) is 0 Å². The molecule has 234 valence electrons. The molecule has 9 heteroatoms. The van der Waals surface area contributed by atoms with E-state index < -0.39 is 0 Å². The Morgan fingerprint density at radius 2 is 0.532 bits per heavy atom. The summed E-state index contributed by atoms with van der Waals surface area (Å²) in [5.74, 6) is 3.16. The van der Waals surface area contributed by atoms with Gasteiger partial charge in [0.2, 0.25) is 0 Å². The molecule has 0 saturated carbocycles. The number of hydrogen-bond acceptors (Lipinski definition) is 4. The minimum Gasteiger partial charge on any atom is -0.524 e. The smallest absolute Gasteiger partial charge is 0.524 e. The molecule has 0 spiro atoms. The Labute approximate surface area is 295 Å². The van der Waals surface area contributed by atoms with E-state index in [1.807, 2.05) is 48.5 Å². The van der Waals surface area contributed by atoms with Gasteiger partial charge in [-0.3, -0.25) is 0 Å². The van der Waals surface area contributed by atoms with Gasteiger partial charge in [0.1, 0.15) is 23.0 Å². The molecule has 0 saturated heterocycles. The van der Waals surface area contributed by atoms with Crippen LogP contribution in [0.4, 0.5) is 0 Å². The molecular weight excluding hydrogens is 799 g/mol. The zero-order valence-corrected chi connectivity index (χ0v) is 29.6. The first kappa shape index (κ1) is 34.5. The summed E-state index contributed by atoms with van der Waals surface area (Å²) < 4.78 is 19.8. The third-order valence-corrected chi connectivity index (χ3v) is 12.6. The summed E-state index contributed by atoms with van der Waals surface area (Å²) in [4.78, 5) is 0. The van der Waals surface area contributed by atoms with Crippen molar-refractivity contribution in [1.82, 2.24) is 0 Å². The van der Waals surface area contributed by atoms with Gasteiger partial charge in [-0.05, 0) is 73.7 Å². The Balaban J connectivity index is 0.000000183. The van der Waals surface area contributed by atoms with E-state index in [1.165, 1.54) is 48.9 Å². The van der Waals surface area contributed by atoms with Crippen molar-refractivity contribution in [3.8, 4) is 23.0 Å². The van der Waals surface area contributed by atoms with Crippen molar-refractivity contribution in [2.24, 2.45) is 0 Å². The molecule has 2 aliphatic heterocycles. The van der Waals surface area contributed by atoms with Gasteiger partial charge >= 0.3 is 15.4 Å². The SMILES string of the molecule is [B]1Oc2ccccc2O1.[B]1Oc2ccccc2O1.[Pt].c1ccc(P(CCP(c2ccccc2)c2ccccc2)c2ccccc2)cc1. The third-order valence-electron chi connectivity index (χ3n) is 7.22. The monoisotopic (exact) mass is 831 g/mol. The Morgan fingerprint density at radius 1 is 0.319 bits per heavy atom. The van der Waals surface area contributed by atoms with Gasteiger partial charge in [0.15, 0.2) is 0 Å². The fraction of sp³-hybridized carbons (Fsp3) is 0.0526. The van der Waals surface area contributed by atoms with Crippen LogP contribution >= 0.6 is 15.8 Å². The molecule has 8 rings (SSSR count). The van der Waals surface area contributed by atoms with E-state index in [1.54, 1.807) is 0 Å². The molecule has 4 nitrogen and oxygen atoms in total.